The normalized spacial score (nSPS) is 11.9. The van der Waals surface area contributed by atoms with Crippen LogP contribution >= 0.6 is 0 Å². The van der Waals surface area contributed by atoms with Crippen molar-refractivity contribution in [1.82, 2.24) is 19.3 Å². The molecular weight excluding hydrogens is 261 g/mol. The summed E-state index contributed by atoms with van der Waals surface area (Å²) in [6.07, 6.45) is 2.29. The first-order valence-electron chi connectivity index (χ1n) is 5.14. The van der Waals surface area contributed by atoms with E-state index < -0.39 is 15.8 Å². The van der Waals surface area contributed by atoms with Crippen molar-refractivity contribution in [3.8, 4) is 0 Å². The van der Waals surface area contributed by atoms with Gasteiger partial charge in [-0.05, 0) is 12.1 Å². The highest BCUT2D eigenvalue weighted by Gasteiger charge is 2.04. The zero-order valence-corrected chi connectivity index (χ0v) is 10.4. The number of hydrogen-bond acceptors (Lipinski definition) is 5. The van der Waals surface area contributed by atoms with E-state index in [1.807, 2.05) is 0 Å². The molecule has 0 bridgehead atoms. The molecule has 7 nitrogen and oxygen atoms in total. The molecule has 0 spiro atoms. The first-order valence-corrected chi connectivity index (χ1v) is 7.04. The molecule has 18 heavy (non-hydrogen) atoms. The van der Waals surface area contributed by atoms with Gasteiger partial charge in [0.05, 0.1) is 12.5 Å². The molecule has 98 valence electrons. The molecule has 2 N–H and O–H groups in total. The number of rotatable bonds is 5. The van der Waals surface area contributed by atoms with Crippen molar-refractivity contribution in [2.24, 2.45) is 0 Å². The molecule has 9 heteroatoms. The van der Waals surface area contributed by atoms with E-state index in [4.69, 9.17) is 0 Å². The molecule has 0 saturated heterocycles. The average molecular weight is 273 g/mol. The van der Waals surface area contributed by atoms with E-state index in [1.165, 1.54) is 22.8 Å². The molecule has 0 aliphatic heterocycles. The van der Waals surface area contributed by atoms with Crippen LogP contribution in [0.3, 0.4) is 0 Å². The number of halogens is 1. The number of fused-ring (bicyclic) bond motifs is 1. The number of anilines is 1. The lowest BCUT2D eigenvalue weighted by molar-refractivity contribution is 0.589. The number of nitrogens with one attached hydrogen (secondary N) is 2. The summed E-state index contributed by atoms with van der Waals surface area (Å²) >= 11 is 0. The number of sulfonamides is 1. The fourth-order valence-corrected chi connectivity index (χ4v) is 1.82. The Kier molecular flexibility index (Phi) is 3.43. The number of hydrogen-bond donors (Lipinski definition) is 2. The Hall–Kier alpha value is -1.74. The molecule has 2 rings (SSSR count). The SMILES string of the molecule is CS(=O)(=O)NCCNc1nc2ccc(F)cn2n1. The van der Waals surface area contributed by atoms with Gasteiger partial charge < -0.3 is 5.32 Å². The van der Waals surface area contributed by atoms with Crippen molar-refractivity contribution >= 4 is 21.6 Å². The molecule has 0 aromatic carbocycles. The van der Waals surface area contributed by atoms with E-state index in [9.17, 15) is 12.8 Å². The number of aromatic nitrogens is 3. The largest absolute Gasteiger partial charge is 0.352 e. The number of nitrogens with zero attached hydrogens (tertiary/aromatic N) is 3. The van der Waals surface area contributed by atoms with Crippen LogP contribution in [0, 0.1) is 5.82 Å². The Labute approximate surface area is 103 Å². The third kappa shape index (κ3) is 3.37. The van der Waals surface area contributed by atoms with E-state index in [0.717, 1.165) is 6.26 Å². The molecule has 0 unspecified atom stereocenters. The molecule has 0 radical (unpaired) electrons. The quantitative estimate of drug-likeness (QED) is 0.738. The molecule has 0 aliphatic rings. The maximum absolute atomic E-state index is 12.9. The first kappa shape index (κ1) is 12.7. The Bertz CT molecular complexity index is 654. The second-order valence-corrected chi connectivity index (χ2v) is 5.51. The van der Waals surface area contributed by atoms with Gasteiger partial charge in [0.25, 0.3) is 0 Å². The average Bonchev–Trinajstić information content (AvgIpc) is 2.65. The standard InChI is InChI=1S/C9H12FN5O2S/c1-18(16,17)12-5-4-11-9-13-8-3-2-7(10)6-15(8)14-9/h2-3,6,12H,4-5H2,1H3,(H,11,14). The molecule has 0 fully saturated rings. The van der Waals surface area contributed by atoms with Crippen LogP contribution < -0.4 is 10.0 Å². The fourth-order valence-electron chi connectivity index (χ4n) is 1.34. The predicted molar refractivity (Wildman–Crippen MR) is 64.3 cm³/mol. The van der Waals surface area contributed by atoms with E-state index in [0.29, 0.717) is 18.1 Å². The third-order valence-electron chi connectivity index (χ3n) is 2.07. The van der Waals surface area contributed by atoms with Gasteiger partial charge in [-0.15, -0.1) is 5.10 Å². The Morgan fingerprint density at radius 2 is 2.17 bits per heavy atom. The van der Waals surface area contributed by atoms with Crippen LogP contribution in [0.5, 0.6) is 0 Å². The van der Waals surface area contributed by atoms with Crippen molar-refractivity contribution in [3.05, 3.63) is 24.1 Å². The van der Waals surface area contributed by atoms with Crippen LogP contribution in [0.25, 0.3) is 5.65 Å². The predicted octanol–water partition coefficient (Wildman–Crippen LogP) is -0.171. The molecule has 0 saturated carbocycles. The van der Waals surface area contributed by atoms with Gasteiger partial charge in [-0.25, -0.2) is 22.0 Å². The van der Waals surface area contributed by atoms with Gasteiger partial charge in [0, 0.05) is 13.1 Å². The summed E-state index contributed by atoms with van der Waals surface area (Å²) in [6, 6.07) is 2.79. The van der Waals surface area contributed by atoms with Gasteiger partial charge in [-0.3, -0.25) is 0 Å². The number of pyridine rings is 1. The van der Waals surface area contributed by atoms with E-state index in [1.54, 1.807) is 0 Å². The van der Waals surface area contributed by atoms with Crippen molar-refractivity contribution in [3.63, 3.8) is 0 Å². The van der Waals surface area contributed by atoms with E-state index >= 15 is 0 Å². The topological polar surface area (TPSA) is 88.4 Å². The lowest BCUT2D eigenvalue weighted by Crippen LogP contribution is -2.27. The minimum Gasteiger partial charge on any atom is -0.352 e. The van der Waals surface area contributed by atoms with E-state index in [2.05, 4.69) is 20.1 Å². The van der Waals surface area contributed by atoms with Crippen molar-refractivity contribution < 1.29 is 12.8 Å². The maximum atomic E-state index is 12.9. The van der Waals surface area contributed by atoms with Crippen LogP contribution in [-0.4, -0.2) is 42.4 Å². The summed E-state index contributed by atoms with van der Waals surface area (Å²) in [5, 5.41) is 6.82. The molecule has 0 amide bonds. The highest BCUT2D eigenvalue weighted by molar-refractivity contribution is 7.88. The van der Waals surface area contributed by atoms with Crippen molar-refractivity contribution in [1.29, 1.82) is 0 Å². The summed E-state index contributed by atoms with van der Waals surface area (Å²) in [6.45, 7) is 0.565. The summed E-state index contributed by atoms with van der Waals surface area (Å²) < 4.78 is 38.1. The van der Waals surface area contributed by atoms with Crippen LogP contribution in [0.1, 0.15) is 0 Å². The zero-order valence-electron chi connectivity index (χ0n) is 9.59. The minimum atomic E-state index is -3.19. The van der Waals surface area contributed by atoms with Gasteiger partial charge in [0.1, 0.15) is 5.82 Å². The van der Waals surface area contributed by atoms with E-state index in [-0.39, 0.29) is 6.54 Å². The van der Waals surface area contributed by atoms with Gasteiger partial charge in [0.15, 0.2) is 5.65 Å². The van der Waals surface area contributed by atoms with Gasteiger partial charge in [0.2, 0.25) is 16.0 Å². The smallest absolute Gasteiger partial charge is 0.243 e. The lowest BCUT2D eigenvalue weighted by Gasteiger charge is -2.01. The second-order valence-electron chi connectivity index (χ2n) is 3.68. The highest BCUT2D eigenvalue weighted by Crippen LogP contribution is 2.06. The first-order chi connectivity index (χ1) is 8.44. The molecule has 2 aromatic rings. The summed E-state index contributed by atoms with van der Waals surface area (Å²) in [7, 11) is -3.19. The molecule has 0 atom stereocenters. The summed E-state index contributed by atoms with van der Waals surface area (Å²) in [5.41, 5.74) is 0.509. The Balaban J connectivity index is 1.96. The third-order valence-corrected chi connectivity index (χ3v) is 2.80. The van der Waals surface area contributed by atoms with Crippen LogP contribution in [0.15, 0.2) is 18.3 Å². The van der Waals surface area contributed by atoms with Gasteiger partial charge in [-0.1, -0.05) is 0 Å². The van der Waals surface area contributed by atoms with Crippen molar-refractivity contribution in [2.45, 2.75) is 0 Å². The van der Waals surface area contributed by atoms with Gasteiger partial charge in [-0.2, -0.15) is 4.98 Å². The van der Waals surface area contributed by atoms with Crippen molar-refractivity contribution in [2.75, 3.05) is 24.7 Å². The highest BCUT2D eigenvalue weighted by atomic mass is 32.2. The second kappa shape index (κ2) is 4.86. The maximum Gasteiger partial charge on any atom is 0.243 e. The molecule has 2 aromatic heterocycles. The monoisotopic (exact) mass is 273 g/mol. The lowest BCUT2D eigenvalue weighted by atomic mass is 10.5. The Morgan fingerprint density at radius 3 is 2.89 bits per heavy atom. The Morgan fingerprint density at radius 1 is 1.39 bits per heavy atom. The molecular formula is C9H12FN5O2S. The van der Waals surface area contributed by atoms with Crippen LogP contribution in [-0.2, 0) is 10.0 Å². The van der Waals surface area contributed by atoms with Crippen LogP contribution in [0.2, 0.25) is 0 Å². The fraction of sp³-hybridized carbons (Fsp3) is 0.333. The minimum absolute atomic E-state index is 0.225. The molecule has 0 aliphatic carbocycles. The summed E-state index contributed by atoms with van der Waals surface area (Å²) in [4.78, 5) is 4.08. The van der Waals surface area contributed by atoms with Crippen LogP contribution in [0.4, 0.5) is 10.3 Å². The van der Waals surface area contributed by atoms with Gasteiger partial charge >= 0.3 is 0 Å². The zero-order chi connectivity index (χ0) is 13.2. The molecule has 2 heterocycles. The summed E-state index contributed by atoms with van der Waals surface area (Å²) in [5.74, 6) is -0.0893.